The van der Waals surface area contributed by atoms with Crippen LogP contribution in [0.1, 0.15) is 12.8 Å². The van der Waals surface area contributed by atoms with Crippen molar-refractivity contribution in [1.82, 2.24) is 10.2 Å². The van der Waals surface area contributed by atoms with Crippen molar-refractivity contribution in [2.45, 2.75) is 18.9 Å². The highest BCUT2D eigenvalue weighted by molar-refractivity contribution is 6.33. The van der Waals surface area contributed by atoms with Gasteiger partial charge in [-0.1, -0.05) is 29.8 Å². The second-order valence-corrected chi connectivity index (χ2v) is 5.49. The first-order valence-electron chi connectivity index (χ1n) is 6.83. The molecule has 1 saturated heterocycles. The van der Waals surface area contributed by atoms with Crippen LogP contribution in [0.3, 0.4) is 0 Å². The van der Waals surface area contributed by atoms with Gasteiger partial charge in [-0.15, -0.1) is 10.2 Å². The van der Waals surface area contributed by atoms with E-state index in [4.69, 9.17) is 17.3 Å². The van der Waals surface area contributed by atoms with E-state index in [1.165, 1.54) is 0 Å². The van der Waals surface area contributed by atoms with Gasteiger partial charge in [0, 0.05) is 24.7 Å². The maximum absolute atomic E-state index is 6.17. The molecular weight excluding hydrogens is 272 g/mol. The van der Waals surface area contributed by atoms with Crippen molar-refractivity contribution in [2.24, 2.45) is 5.73 Å². The van der Waals surface area contributed by atoms with Crippen molar-refractivity contribution in [3.05, 3.63) is 41.4 Å². The molecule has 5 heteroatoms. The minimum atomic E-state index is 0.321. The van der Waals surface area contributed by atoms with Crippen LogP contribution < -0.4 is 10.6 Å². The van der Waals surface area contributed by atoms with Gasteiger partial charge < -0.3 is 10.6 Å². The zero-order chi connectivity index (χ0) is 13.9. The molecule has 104 valence electrons. The molecule has 1 aromatic carbocycles. The number of hydrogen-bond donors (Lipinski definition) is 1. The van der Waals surface area contributed by atoms with E-state index in [-0.39, 0.29) is 0 Å². The van der Waals surface area contributed by atoms with Crippen LogP contribution in [0, 0.1) is 0 Å². The summed E-state index contributed by atoms with van der Waals surface area (Å²) in [4.78, 5) is 2.23. The lowest BCUT2D eigenvalue weighted by Crippen LogP contribution is -2.40. The number of aromatic nitrogens is 2. The van der Waals surface area contributed by atoms with Crippen molar-refractivity contribution in [3.63, 3.8) is 0 Å². The average Bonchev–Trinajstić information content (AvgIpc) is 2.49. The third-order valence-corrected chi connectivity index (χ3v) is 3.99. The van der Waals surface area contributed by atoms with Crippen molar-refractivity contribution in [2.75, 3.05) is 18.0 Å². The average molecular weight is 289 g/mol. The minimum absolute atomic E-state index is 0.321. The summed E-state index contributed by atoms with van der Waals surface area (Å²) in [6, 6.07) is 12.0. The van der Waals surface area contributed by atoms with E-state index in [1.807, 2.05) is 36.4 Å². The van der Waals surface area contributed by atoms with Crippen LogP contribution in [-0.4, -0.2) is 29.3 Å². The zero-order valence-electron chi connectivity index (χ0n) is 11.2. The molecule has 0 unspecified atom stereocenters. The van der Waals surface area contributed by atoms with Crippen LogP contribution in [0.2, 0.25) is 5.02 Å². The third kappa shape index (κ3) is 2.76. The monoisotopic (exact) mass is 288 g/mol. The van der Waals surface area contributed by atoms with Gasteiger partial charge in [-0.05, 0) is 31.0 Å². The Morgan fingerprint density at radius 2 is 1.80 bits per heavy atom. The summed E-state index contributed by atoms with van der Waals surface area (Å²) in [6.45, 7) is 1.89. The molecule has 1 aromatic heterocycles. The number of halogens is 1. The fourth-order valence-corrected chi connectivity index (χ4v) is 2.67. The molecule has 0 atom stereocenters. The Balaban J connectivity index is 1.80. The molecule has 20 heavy (non-hydrogen) atoms. The van der Waals surface area contributed by atoms with Gasteiger partial charge in [0.2, 0.25) is 0 Å². The molecule has 1 aliphatic rings. The number of piperidine rings is 1. The molecule has 0 spiro atoms. The highest BCUT2D eigenvalue weighted by Gasteiger charge is 2.17. The van der Waals surface area contributed by atoms with E-state index in [9.17, 15) is 0 Å². The second kappa shape index (κ2) is 5.77. The summed E-state index contributed by atoms with van der Waals surface area (Å²) in [5, 5.41) is 9.31. The Morgan fingerprint density at radius 1 is 1.05 bits per heavy atom. The number of anilines is 1. The van der Waals surface area contributed by atoms with Crippen molar-refractivity contribution < 1.29 is 0 Å². The van der Waals surface area contributed by atoms with E-state index in [0.29, 0.717) is 11.1 Å². The quantitative estimate of drug-likeness (QED) is 0.923. The number of nitrogens with zero attached hydrogens (tertiary/aromatic N) is 3. The van der Waals surface area contributed by atoms with Gasteiger partial charge in [0.05, 0.1) is 10.7 Å². The van der Waals surface area contributed by atoms with Crippen molar-refractivity contribution >= 4 is 17.4 Å². The first-order valence-corrected chi connectivity index (χ1v) is 7.21. The summed E-state index contributed by atoms with van der Waals surface area (Å²) in [6.07, 6.45) is 2.02. The highest BCUT2D eigenvalue weighted by atomic mass is 35.5. The predicted molar refractivity (Wildman–Crippen MR) is 81.9 cm³/mol. The lowest BCUT2D eigenvalue weighted by atomic mass is 10.1. The summed E-state index contributed by atoms with van der Waals surface area (Å²) in [5.41, 5.74) is 7.62. The lowest BCUT2D eigenvalue weighted by Gasteiger charge is -2.30. The molecule has 1 fully saturated rings. The summed E-state index contributed by atoms with van der Waals surface area (Å²) >= 11 is 6.17. The molecule has 0 amide bonds. The van der Waals surface area contributed by atoms with Gasteiger partial charge in [-0.25, -0.2) is 0 Å². The van der Waals surface area contributed by atoms with E-state index in [0.717, 1.165) is 43.0 Å². The molecule has 2 aromatic rings. The van der Waals surface area contributed by atoms with Gasteiger partial charge >= 0.3 is 0 Å². The predicted octanol–water partition coefficient (Wildman–Crippen LogP) is 2.72. The molecule has 4 nitrogen and oxygen atoms in total. The Bertz CT molecular complexity index is 577. The fraction of sp³-hybridized carbons (Fsp3) is 0.333. The van der Waals surface area contributed by atoms with Gasteiger partial charge in [0.15, 0.2) is 5.82 Å². The standard InChI is InChI=1S/C15H17ClN4/c16-13-4-2-1-3-12(13)14-5-6-15(19-18-14)20-9-7-11(17)8-10-20/h1-6,11H,7-10,17H2. The van der Waals surface area contributed by atoms with Crippen LogP contribution >= 0.6 is 11.6 Å². The molecule has 2 N–H and O–H groups in total. The molecule has 0 radical (unpaired) electrons. The van der Waals surface area contributed by atoms with Crippen LogP contribution in [0.4, 0.5) is 5.82 Å². The SMILES string of the molecule is NC1CCN(c2ccc(-c3ccccc3Cl)nn2)CC1. The molecule has 0 aliphatic carbocycles. The summed E-state index contributed by atoms with van der Waals surface area (Å²) < 4.78 is 0. The Hall–Kier alpha value is -1.65. The summed E-state index contributed by atoms with van der Waals surface area (Å²) in [7, 11) is 0. The Morgan fingerprint density at radius 3 is 2.45 bits per heavy atom. The minimum Gasteiger partial charge on any atom is -0.355 e. The molecule has 0 bridgehead atoms. The fourth-order valence-electron chi connectivity index (χ4n) is 2.44. The van der Waals surface area contributed by atoms with E-state index >= 15 is 0 Å². The van der Waals surface area contributed by atoms with Gasteiger partial charge in [0.1, 0.15) is 0 Å². The van der Waals surface area contributed by atoms with E-state index < -0.39 is 0 Å². The van der Waals surface area contributed by atoms with Crippen LogP contribution in [0.25, 0.3) is 11.3 Å². The van der Waals surface area contributed by atoms with Crippen molar-refractivity contribution in [3.8, 4) is 11.3 Å². The van der Waals surface area contributed by atoms with Gasteiger partial charge in [-0.3, -0.25) is 0 Å². The largest absolute Gasteiger partial charge is 0.355 e. The Labute approximate surface area is 123 Å². The normalized spacial score (nSPS) is 16.4. The molecule has 3 rings (SSSR count). The van der Waals surface area contributed by atoms with Crippen LogP contribution in [0.5, 0.6) is 0 Å². The maximum atomic E-state index is 6.17. The maximum Gasteiger partial charge on any atom is 0.151 e. The molecule has 0 saturated carbocycles. The van der Waals surface area contributed by atoms with Crippen LogP contribution in [-0.2, 0) is 0 Å². The molecular formula is C15H17ClN4. The lowest BCUT2D eigenvalue weighted by molar-refractivity contribution is 0.497. The second-order valence-electron chi connectivity index (χ2n) is 5.08. The molecule has 1 aliphatic heterocycles. The highest BCUT2D eigenvalue weighted by Crippen LogP contribution is 2.26. The first-order chi connectivity index (χ1) is 9.74. The number of nitrogens with two attached hydrogens (primary N) is 1. The zero-order valence-corrected chi connectivity index (χ0v) is 11.9. The number of benzene rings is 1. The molecule has 2 heterocycles. The first kappa shape index (κ1) is 13.3. The number of hydrogen-bond acceptors (Lipinski definition) is 4. The third-order valence-electron chi connectivity index (χ3n) is 3.66. The van der Waals surface area contributed by atoms with Gasteiger partial charge in [-0.2, -0.15) is 0 Å². The Kier molecular flexibility index (Phi) is 3.85. The smallest absolute Gasteiger partial charge is 0.151 e. The van der Waals surface area contributed by atoms with Gasteiger partial charge in [0.25, 0.3) is 0 Å². The topological polar surface area (TPSA) is 55.0 Å². The summed E-state index contributed by atoms with van der Waals surface area (Å²) in [5.74, 6) is 0.910. The van der Waals surface area contributed by atoms with E-state index in [2.05, 4.69) is 15.1 Å². The van der Waals surface area contributed by atoms with Crippen LogP contribution in [0.15, 0.2) is 36.4 Å². The number of rotatable bonds is 2. The van der Waals surface area contributed by atoms with E-state index in [1.54, 1.807) is 0 Å². The van der Waals surface area contributed by atoms with Crippen molar-refractivity contribution in [1.29, 1.82) is 0 Å².